The molecule has 0 atom stereocenters. The van der Waals surface area contributed by atoms with Crippen LogP contribution in [0.15, 0.2) is 30.6 Å². The first kappa shape index (κ1) is 20.1. The van der Waals surface area contributed by atoms with Gasteiger partial charge in [-0.05, 0) is 26.0 Å². The lowest BCUT2D eigenvalue weighted by Gasteiger charge is -2.34. The zero-order chi connectivity index (χ0) is 20.6. The minimum absolute atomic E-state index is 0. The van der Waals surface area contributed by atoms with Crippen LogP contribution >= 0.6 is 0 Å². The van der Waals surface area contributed by atoms with Crippen molar-refractivity contribution >= 4 is 23.6 Å². The Labute approximate surface area is 172 Å². The smallest absolute Gasteiger partial charge is 0.410 e. The molecule has 0 unspecified atom stereocenters. The van der Waals surface area contributed by atoms with Crippen LogP contribution in [0.4, 0.5) is 16.4 Å². The largest absolute Gasteiger partial charge is 0.436 e. The highest BCUT2D eigenvalue weighted by Gasteiger charge is 2.24. The van der Waals surface area contributed by atoms with Crippen molar-refractivity contribution in [1.82, 2.24) is 19.9 Å². The van der Waals surface area contributed by atoms with E-state index in [1.807, 2.05) is 4.90 Å². The van der Waals surface area contributed by atoms with Crippen molar-refractivity contribution in [3.8, 4) is 11.8 Å². The lowest BCUT2D eigenvalue weighted by molar-refractivity contribution is 0.102. The van der Waals surface area contributed by atoms with Gasteiger partial charge in [0, 0.05) is 35.2 Å². The molecule has 9 heteroatoms. The Kier molecular flexibility index (Phi) is 6.58. The van der Waals surface area contributed by atoms with E-state index in [2.05, 4.69) is 32.1 Å². The molecule has 2 aromatic rings. The number of carbonyl (C=O) groups excluding carboxylic acids is 2. The van der Waals surface area contributed by atoms with E-state index in [1.54, 1.807) is 49.3 Å². The fraction of sp³-hybridized carbons (Fsp3) is 0.350. The first-order valence-electron chi connectivity index (χ1n) is 9.20. The number of carbonyl (C=O) groups is 2. The van der Waals surface area contributed by atoms with Crippen molar-refractivity contribution in [3.63, 3.8) is 0 Å². The van der Waals surface area contributed by atoms with Crippen LogP contribution in [-0.2, 0) is 4.74 Å². The normalized spacial score (nSPS) is 13.3. The third kappa shape index (κ3) is 5.19. The minimum atomic E-state index is -0.377. The molecule has 1 fully saturated rings. The second-order valence-corrected chi connectivity index (χ2v) is 6.29. The molecular weight excluding hydrogens is 372 g/mol. The molecular formula is C20H26N6O3. The van der Waals surface area contributed by atoms with Gasteiger partial charge < -0.3 is 19.9 Å². The van der Waals surface area contributed by atoms with Crippen molar-refractivity contribution in [3.05, 3.63) is 42.0 Å². The number of hydrogen-bond donors (Lipinski definition) is 1. The highest BCUT2D eigenvalue weighted by atomic mass is 16.6. The van der Waals surface area contributed by atoms with Gasteiger partial charge in [-0.25, -0.2) is 14.8 Å². The summed E-state index contributed by atoms with van der Waals surface area (Å²) in [7, 11) is 0. The van der Waals surface area contributed by atoms with Gasteiger partial charge >= 0.3 is 6.09 Å². The van der Waals surface area contributed by atoms with Crippen LogP contribution in [0.1, 0.15) is 26.0 Å². The van der Waals surface area contributed by atoms with Gasteiger partial charge in [-0.15, -0.1) is 5.92 Å². The molecule has 0 saturated carbocycles. The molecule has 29 heavy (non-hydrogen) atoms. The first-order valence-corrected chi connectivity index (χ1v) is 9.20. The first-order chi connectivity index (χ1) is 14.1. The van der Waals surface area contributed by atoms with Gasteiger partial charge in [0.25, 0.3) is 5.91 Å². The predicted octanol–water partition coefficient (Wildman–Crippen LogP) is 2.21. The number of amides is 2. The standard InChI is InChI=1S/C20H22N6O3.2H2/c1-3-4-13-29-20(28)26-11-9-25(10-12-26)17-14-22-15(2)18(24-17)19(27)23-16-7-5-6-8-21-16;;/h5-8,14H,9-13H2,1-2H3,(H,21,23,27);2*1H. The number of anilines is 2. The highest BCUT2D eigenvalue weighted by molar-refractivity contribution is 6.03. The zero-order valence-electron chi connectivity index (χ0n) is 16.4. The number of aryl methyl sites for hydroxylation is 1. The van der Waals surface area contributed by atoms with Gasteiger partial charge in [-0.1, -0.05) is 12.0 Å². The summed E-state index contributed by atoms with van der Waals surface area (Å²) in [5, 5.41) is 2.72. The number of aromatic nitrogens is 3. The van der Waals surface area contributed by atoms with Crippen LogP contribution in [-0.4, -0.2) is 64.6 Å². The van der Waals surface area contributed by atoms with Crippen molar-refractivity contribution in [2.24, 2.45) is 0 Å². The summed E-state index contributed by atoms with van der Waals surface area (Å²) in [5.41, 5.74) is 0.773. The van der Waals surface area contributed by atoms with E-state index >= 15 is 0 Å². The summed E-state index contributed by atoms with van der Waals surface area (Å²) in [4.78, 5) is 41.1. The van der Waals surface area contributed by atoms with E-state index in [0.29, 0.717) is 43.5 Å². The minimum Gasteiger partial charge on any atom is -0.436 e. The highest BCUT2D eigenvalue weighted by Crippen LogP contribution is 2.16. The van der Waals surface area contributed by atoms with Crippen molar-refractivity contribution in [2.45, 2.75) is 13.8 Å². The number of piperazine rings is 1. The Balaban J connectivity index is 0.00000240. The van der Waals surface area contributed by atoms with E-state index < -0.39 is 0 Å². The molecule has 9 nitrogen and oxygen atoms in total. The molecule has 1 N–H and O–H groups in total. The lowest BCUT2D eigenvalue weighted by atomic mass is 10.3. The molecule has 1 aliphatic rings. The van der Waals surface area contributed by atoms with Crippen molar-refractivity contribution in [1.29, 1.82) is 0 Å². The van der Waals surface area contributed by atoms with Gasteiger partial charge in [-0.3, -0.25) is 9.78 Å². The summed E-state index contributed by atoms with van der Waals surface area (Å²) >= 11 is 0. The Morgan fingerprint density at radius 3 is 2.72 bits per heavy atom. The van der Waals surface area contributed by atoms with Gasteiger partial charge in [0.15, 0.2) is 12.3 Å². The Morgan fingerprint density at radius 2 is 2.03 bits per heavy atom. The summed E-state index contributed by atoms with van der Waals surface area (Å²) < 4.78 is 5.09. The van der Waals surface area contributed by atoms with Gasteiger partial charge in [-0.2, -0.15) is 0 Å². The Morgan fingerprint density at radius 1 is 1.24 bits per heavy atom. The van der Waals surface area contributed by atoms with Crippen LogP contribution in [0.3, 0.4) is 0 Å². The molecule has 1 aliphatic heterocycles. The molecule has 0 radical (unpaired) electrons. The maximum atomic E-state index is 12.6. The summed E-state index contributed by atoms with van der Waals surface area (Å²) in [6, 6.07) is 5.26. The average Bonchev–Trinajstić information content (AvgIpc) is 2.75. The van der Waals surface area contributed by atoms with Gasteiger partial charge in [0.2, 0.25) is 0 Å². The molecule has 2 aromatic heterocycles. The Hall–Kier alpha value is -3.67. The summed E-state index contributed by atoms with van der Waals surface area (Å²) in [6.07, 6.45) is 2.86. The Bertz CT molecular complexity index is 941. The maximum absolute atomic E-state index is 12.6. The van der Waals surface area contributed by atoms with Crippen molar-refractivity contribution < 1.29 is 17.2 Å². The molecule has 0 aromatic carbocycles. The monoisotopic (exact) mass is 398 g/mol. The zero-order valence-corrected chi connectivity index (χ0v) is 16.4. The molecule has 0 bridgehead atoms. The number of rotatable bonds is 4. The van der Waals surface area contributed by atoms with Crippen LogP contribution in [0, 0.1) is 18.8 Å². The maximum Gasteiger partial charge on any atom is 0.410 e. The summed E-state index contributed by atoms with van der Waals surface area (Å²) in [5.74, 6) is 6.06. The van der Waals surface area contributed by atoms with Crippen LogP contribution < -0.4 is 10.2 Å². The molecule has 3 rings (SSSR count). The molecule has 0 aliphatic carbocycles. The average molecular weight is 398 g/mol. The number of ether oxygens (including phenoxy) is 1. The van der Waals surface area contributed by atoms with E-state index in [1.165, 1.54) is 0 Å². The number of hydrogen-bond acceptors (Lipinski definition) is 7. The topological polar surface area (TPSA) is 101 Å². The van der Waals surface area contributed by atoms with E-state index in [4.69, 9.17) is 4.74 Å². The van der Waals surface area contributed by atoms with Crippen LogP contribution in [0.5, 0.6) is 0 Å². The number of nitrogens with zero attached hydrogens (tertiary/aromatic N) is 5. The molecule has 1 saturated heterocycles. The molecule has 0 spiro atoms. The second kappa shape index (κ2) is 9.50. The molecule has 2 amide bonds. The lowest BCUT2D eigenvalue weighted by Crippen LogP contribution is -2.49. The van der Waals surface area contributed by atoms with Gasteiger partial charge in [0.1, 0.15) is 11.6 Å². The van der Waals surface area contributed by atoms with Gasteiger partial charge in [0.05, 0.1) is 11.9 Å². The van der Waals surface area contributed by atoms with Crippen LogP contribution in [0.2, 0.25) is 0 Å². The molecule has 154 valence electrons. The fourth-order valence-electron chi connectivity index (χ4n) is 2.80. The quantitative estimate of drug-likeness (QED) is 0.788. The van der Waals surface area contributed by atoms with E-state index in [-0.39, 0.29) is 27.2 Å². The number of pyridine rings is 1. The predicted molar refractivity (Wildman–Crippen MR) is 112 cm³/mol. The third-order valence-corrected chi connectivity index (χ3v) is 4.37. The fourth-order valence-corrected chi connectivity index (χ4v) is 2.80. The molecule has 3 heterocycles. The summed E-state index contributed by atoms with van der Waals surface area (Å²) in [6.45, 7) is 5.62. The SMILES string of the molecule is CC#CCOC(=O)N1CCN(c2cnc(C)c(C(=O)Nc3ccccn3)n2)CC1.[HH].[HH]. The van der Waals surface area contributed by atoms with E-state index in [0.717, 1.165) is 0 Å². The third-order valence-electron chi connectivity index (χ3n) is 4.37. The van der Waals surface area contributed by atoms with Crippen LogP contribution in [0.25, 0.3) is 0 Å². The number of nitrogens with one attached hydrogen (secondary N) is 1. The van der Waals surface area contributed by atoms with Crippen molar-refractivity contribution in [2.75, 3.05) is 43.0 Å². The van der Waals surface area contributed by atoms with E-state index in [9.17, 15) is 9.59 Å². The second-order valence-electron chi connectivity index (χ2n) is 6.29.